The lowest BCUT2D eigenvalue weighted by molar-refractivity contribution is 0.220. The number of aliphatic hydroxyl groups is 1. The lowest BCUT2D eigenvalue weighted by Gasteiger charge is -2.25. The summed E-state index contributed by atoms with van der Waals surface area (Å²) in [7, 11) is -2.21. The molecule has 20 heavy (non-hydrogen) atoms. The Morgan fingerprint density at radius 2 is 2.00 bits per heavy atom. The number of rotatable bonds is 7. The summed E-state index contributed by atoms with van der Waals surface area (Å²) in [6, 6.07) is 4.72. The molecule has 114 valence electrons. The highest BCUT2D eigenvalue weighted by Gasteiger charge is 2.21. The Morgan fingerprint density at radius 3 is 2.55 bits per heavy atom. The molecule has 0 radical (unpaired) electrons. The normalized spacial score (nSPS) is 12.4. The minimum Gasteiger partial charge on any atom is -0.399 e. The van der Waals surface area contributed by atoms with E-state index in [1.54, 1.807) is 12.1 Å². The summed E-state index contributed by atoms with van der Waals surface area (Å²) >= 11 is 0. The van der Waals surface area contributed by atoms with E-state index in [1.807, 2.05) is 13.8 Å². The van der Waals surface area contributed by atoms with E-state index in [0.29, 0.717) is 24.3 Å². The second kappa shape index (κ2) is 6.43. The molecule has 0 fully saturated rings. The van der Waals surface area contributed by atoms with Gasteiger partial charge in [-0.1, -0.05) is 13.8 Å². The molecule has 0 saturated heterocycles. The van der Waals surface area contributed by atoms with Gasteiger partial charge in [0.05, 0.1) is 5.69 Å². The van der Waals surface area contributed by atoms with Crippen molar-refractivity contribution >= 4 is 21.4 Å². The van der Waals surface area contributed by atoms with Gasteiger partial charge in [0, 0.05) is 18.8 Å². The minimum atomic E-state index is -3.57. The molecular formula is C13H23N3O3S. The lowest BCUT2D eigenvalue weighted by Crippen LogP contribution is -2.26. The van der Waals surface area contributed by atoms with E-state index < -0.39 is 10.0 Å². The van der Waals surface area contributed by atoms with Crippen molar-refractivity contribution in [3.8, 4) is 0 Å². The molecule has 0 aliphatic carbocycles. The molecule has 0 atom stereocenters. The first-order chi connectivity index (χ1) is 9.22. The van der Waals surface area contributed by atoms with Crippen molar-refractivity contribution < 1.29 is 13.5 Å². The SMILES string of the molecule is CNS(=O)(=O)c1cc(N)ccc1NCC(C)(C)CCO. The van der Waals surface area contributed by atoms with E-state index in [-0.39, 0.29) is 16.9 Å². The summed E-state index contributed by atoms with van der Waals surface area (Å²) < 4.78 is 26.2. The third kappa shape index (κ3) is 4.36. The van der Waals surface area contributed by atoms with Gasteiger partial charge in [-0.3, -0.25) is 0 Å². The zero-order valence-electron chi connectivity index (χ0n) is 12.1. The fourth-order valence-electron chi connectivity index (χ4n) is 1.74. The highest BCUT2D eigenvalue weighted by atomic mass is 32.2. The number of nitrogens with one attached hydrogen (secondary N) is 2. The van der Waals surface area contributed by atoms with Crippen molar-refractivity contribution in [2.75, 3.05) is 31.2 Å². The molecule has 0 aliphatic rings. The number of aliphatic hydroxyl groups excluding tert-OH is 1. The molecule has 1 aromatic rings. The molecule has 6 nitrogen and oxygen atoms in total. The average Bonchev–Trinajstić information content (AvgIpc) is 2.37. The average molecular weight is 301 g/mol. The number of hydrogen-bond acceptors (Lipinski definition) is 5. The Labute approximate surface area is 120 Å². The van der Waals surface area contributed by atoms with Crippen LogP contribution < -0.4 is 15.8 Å². The summed E-state index contributed by atoms with van der Waals surface area (Å²) in [5.74, 6) is 0. The van der Waals surface area contributed by atoms with Crippen LogP contribution in [-0.4, -0.2) is 33.7 Å². The van der Waals surface area contributed by atoms with E-state index in [1.165, 1.54) is 13.1 Å². The van der Waals surface area contributed by atoms with Gasteiger partial charge in [0.25, 0.3) is 0 Å². The van der Waals surface area contributed by atoms with Gasteiger partial charge in [0.2, 0.25) is 10.0 Å². The fraction of sp³-hybridized carbons (Fsp3) is 0.538. The van der Waals surface area contributed by atoms with Crippen LogP contribution in [0.3, 0.4) is 0 Å². The fourth-order valence-corrected chi connectivity index (χ4v) is 2.68. The smallest absolute Gasteiger partial charge is 0.242 e. The summed E-state index contributed by atoms with van der Waals surface area (Å²) in [5.41, 5.74) is 6.40. The Kier molecular flexibility index (Phi) is 5.38. The molecule has 0 unspecified atom stereocenters. The topological polar surface area (TPSA) is 104 Å². The Morgan fingerprint density at radius 1 is 1.35 bits per heavy atom. The molecule has 0 aliphatic heterocycles. The zero-order chi connectivity index (χ0) is 15.4. The number of anilines is 2. The second-order valence-corrected chi connectivity index (χ2v) is 7.31. The zero-order valence-corrected chi connectivity index (χ0v) is 12.9. The van der Waals surface area contributed by atoms with Gasteiger partial charge in [-0.05, 0) is 37.1 Å². The number of nitrogen functional groups attached to an aromatic ring is 1. The second-order valence-electron chi connectivity index (χ2n) is 5.45. The molecule has 1 rings (SSSR count). The van der Waals surface area contributed by atoms with E-state index in [4.69, 9.17) is 10.8 Å². The maximum atomic E-state index is 12.0. The number of hydrogen-bond donors (Lipinski definition) is 4. The maximum absolute atomic E-state index is 12.0. The van der Waals surface area contributed by atoms with Crippen molar-refractivity contribution in [3.63, 3.8) is 0 Å². The van der Waals surface area contributed by atoms with Gasteiger partial charge in [0.15, 0.2) is 0 Å². The van der Waals surface area contributed by atoms with Crippen LogP contribution in [0.1, 0.15) is 20.3 Å². The molecule has 0 amide bonds. The van der Waals surface area contributed by atoms with Crippen LogP contribution in [0, 0.1) is 5.41 Å². The first-order valence-electron chi connectivity index (χ1n) is 6.40. The largest absolute Gasteiger partial charge is 0.399 e. The van der Waals surface area contributed by atoms with Crippen molar-refractivity contribution in [1.29, 1.82) is 0 Å². The molecule has 0 spiro atoms. The molecule has 0 aromatic heterocycles. The Hall–Kier alpha value is -1.31. The molecular weight excluding hydrogens is 278 g/mol. The molecule has 0 saturated carbocycles. The van der Waals surface area contributed by atoms with Gasteiger partial charge in [-0.15, -0.1) is 0 Å². The van der Waals surface area contributed by atoms with Crippen molar-refractivity contribution in [3.05, 3.63) is 18.2 Å². The van der Waals surface area contributed by atoms with Crippen LogP contribution in [0.4, 0.5) is 11.4 Å². The molecule has 0 heterocycles. The summed E-state index contributed by atoms with van der Waals surface area (Å²) in [6.07, 6.45) is 0.628. The molecule has 7 heteroatoms. The van der Waals surface area contributed by atoms with Gasteiger partial charge in [-0.2, -0.15) is 0 Å². The first-order valence-corrected chi connectivity index (χ1v) is 7.88. The quantitative estimate of drug-likeness (QED) is 0.562. The van der Waals surface area contributed by atoms with E-state index in [9.17, 15) is 8.42 Å². The Balaban J connectivity index is 3.02. The standard InChI is InChI=1S/C13H23N3O3S/c1-13(2,6-7-17)9-16-11-5-4-10(14)8-12(11)20(18,19)15-3/h4-5,8,15-17H,6-7,9,14H2,1-3H3. The molecule has 1 aromatic carbocycles. The van der Waals surface area contributed by atoms with Gasteiger partial charge in [0.1, 0.15) is 4.90 Å². The predicted octanol–water partition coefficient (Wildman–Crippen LogP) is 0.997. The highest BCUT2D eigenvalue weighted by Crippen LogP contribution is 2.26. The van der Waals surface area contributed by atoms with Gasteiger partial charge >= 0.3 is 0 Å². The first kappa shape index (κ1) is 16.7. The summed E-state index contributed by atoms with van der Waals surface area (Å²) in [5, 5.41) is 12.1. The van der Waals surface area contributed by atoms with Gasteiger partial charge < -0.3 is 16.2 Å². The van der Waals surface area contributed by atoms with Crippen LogP contribution in [0.2, 0.25) is 0 Å². The minimum absolute atomic E-state index is 0.0953. The van der Waals surface area contributed by atoms with Crippen LogP contribution in [-0.2, 0) is 10.0 Å². The predicted molar refractivity (Wildman–Crippen MR) is 81.1 cm³/mol. The third-order valence-electron chi connectivity index (χ3n) is 3.11. The number of sulfonamides is 1. The van der Waals surface area contributed by atoms with Gasteiger partial charge in [-0.25, -0.2) is 13.1 Å². The highest BCUT2D eigenvalue weighted by molar-refractivity contribution is 7.89. The van der Waals surface area contributed by atoms with Crippen LogP contribution >= 0.6 is 0 Å². The maximum Gasteiger partial charge on any atom is 0.242 e. The third-order valence-corrected chi connectivity index (χ3v) is 4.56. The number of nitrogens with two attached hydrogens (primary N) is 1. The van der Waals surface area contributed by atoms with Crippen molar-refractivity contribution in [2.24, 2.45) is 5.41 Å². The lowest BCUT2D eigenvalue weighted by atomic mass is 9.89. The van der Waals surface area contributed by atoms with E-state index in [2.05, 4.69) is 10.0 Å². The monoisotopic (exact) mass is 301 g/mol. The molecule has 5 N–H and O–H groups in total. The molecule has 0 bridgehead atoms. The van der Waals surface area contributed by atoms with Crippen molar-refractivity contribution in [1.82, 2.24) is 4.72 Å². The van der Waals surface area contributed by atoms with E-state index >= 15 is 0 Å². The van der Waals surface area contributed by atoms with E-state index in [0.717, 1.165) is 0 Å². The Bertz CT molecular complexity index is 556. The number of benzene rings is 1. The summed E-state index contributed by atoms with van der Waals surface area (Å²) in [6.45, 7) is 4.64. The van der Waals surface area contributed by atoms with Crippen LogP contribution in [0.15, 0.2) is 23.1 Å². The van der Waals surface area contributed by atoms with Crippen LogP contribution in [0.5, 0.6) is 0 Å². The summed E-state index contributed by atoms with van der Waals surface area (Å²) in [4.78, 5) is 0.125. The van der Waals surface area contributed by atoms with Crippen molar-refractivity contribution in [2.45, 2.75) is 25.2 Å². The van der Waals surface area contributed by atoms with Crippen LogP contribution in [0.25, 0.3) is 0 Å².